The molecule has 0 aromatic carbocycles. The van der Waals surface area contributed by atoms with E-state index in [9.17, 15) is 9.59 Å². The summed E-state index contributed by atoms with van der Waals surface area (Å²) in [5, 5.41) is 7.38. The number of carbonyl (C=O) groups excluding carboxylic acids is 2. The van der Waals surface area contributed by atoms with E-state index >= 15 is 0 Å². The second-order valence-corrected chi connectivity index (χ2v) is 10.5. The maximum absolute atomic E-state index is 12.8. The minimum Gasteiger partial charge on any atom is -0.331 e. The molecule has 1 rings (SSSR count). The van der Waals surface area contributed by atoms with Gasteiger partial charge in [0.25, 0.3) is 0 Å². The van der Waals surface area contributed by atoms with Crippen molar-refractivity contribution in [2.24, 2.45) is 18.4 Å². The third-order valence-corrected chi connectivity index (χ3v) is 4.66. The lowest BCUT2D eigenvalue weighted by Crippen LogP contribution is -2.43. The largest absolute Gasteiger partial charge is 0.331 e. The minimum absolute atomic E-state index is 0.0299. The first-order chi connectivity index (χ1) is 12.6. The lowest BCUT2D eigenvalue weighted by atomic mass is 9.84. The van der Waals surface area contributed by atoms with Gasteiger partial charge in [0.2, 0.25) is 11.8 Å². The molecule has 0 spiro atoms. The van der Waals surface area contributed by atoms with Gasteiger partial charge < -0.3 is 10.2 Å². The summed E-state index contributed by atoms with van der Waals surface area (Å²) in [7, 11) is 1.81. The van der Waals surface area contributed by atoms with E-state index < -0.39 is 0 Å². The molecule has 0 aliphatic heterocycles. The van der Waals surface area contributed by atoms with Crippen LogP contribution in [0, 0.1) is 11.3 Å². The molecule has 6 nitrogen and oxygen atoms in total. The normalized spacial score (nSPS) is 13.5. The van der Waals surface area contributed by atoms with Crippen LogP contribution in [0.5, 0.6) is 0 Å². The van der Waals surface area contributed by atoms with E-state index in [1.165, 1.54) is 0 Å². The Morgan fingerprint density at radius 2 is 1.71 bits per heavy atom. The molecule has 1 aromatic heterocycles. The number of nitrogens with one attached hydrogen (secondary N) is 1. The van der Waals surface area contributed by atoms with E-state index in [2.05, 4.69) is 58.9 Å². The van der Waals surface area contributed by atoms with Crippen LogP contribution in [0.3, 0.4) is 0 Å². The Kier molecular flexibility index (Phi) is 7.86. The Hall–Kier alpha value is -1.85. The summed E-state index contributed by atoms with van der Waals surface area (Å²) in [4.78, 5) is 27.1. The maximum atomic E-state index is 12.8. The highest BCUT2D eigenvalue weighted by atomic mass is 16.2. The van der Waals surface area contributed by atoms with E-state index in [-0.39, 0.29) is 41.1 Å². The first kappa shape index (κ1) is 24.2. The van der Waals surface area contributed by atoms with Crippen molar-refractivity contribution in [3.05, 3.63) is 11.8 Å². The zero-order chi connectivity index (χ0) is 21.9. The summed E-state index contributed by atoms with van der Waals surface area (Å²) < 4.78 is 1.67. The Morgan fingerprint density at radius 3 is 2.14 bits per heavy atom. The molecular formula is C22H40N4O2. The van der Waals surface area contributed by atoms with E-state index in [1.54, 1.807) is 9.58 Å². The summed E-state index contributed by atoms with van der Waals surface area (Å²) in [6, 6.07) is 1.86. The molecule has 28 heavy (non-hydrogen) atoms. The van der Waals surface area contributed by atoms with Crippen molar-refractivity contribution in [3.8, 4) is 0 Å². The average molecular weight is 393 g/mol. The fraction of sp³-hybridized carbons (Fsp3) is 0.773. The van der Waals surface area contributed by atoms with Gasteiger partial charge in [-0.25, -0.2) is 0 Å². The van der Waals surface area contributed by atoms with Gasteiger partial charge in [-0.2, -0.15) is 5.10 Å². The zero-order valence-corrected chi connectivity index (χ0v) is 19.5. The number of hydrogen-bond acceptors (Lipinski definition) is 3. The Morgan fingerprint density at radius 1 is 1.14 bits per heavy atom. The molecule has 0 radical (unpaired) electrons. The van der Waals surface area contributed by atoms with Crippen molar-refractivity contribution in [2.75, 3.05) is 11.9 Å². The summed E-state index contributed by atoms with van der Waals surface area (Å²) in [5.74, 6) is 0.756. The molecule has 1 atom stereocenters. The maximum Gasteiger partial charge on any atom is 0.245 e. The summed E-state index contributed by atoms with van der Waals surface area (Å²) in [6.45, 7) is 18.8. The molecule has 0 bridgehead atoms. The smallest absolute Gasteiger partial charge is 0.245 e. The predicted octanol–water partition coefficient (Wildman–Crippen LogP) is 4.36. The molecular weight excluding hydrogens is 352 g/mol. The van der Waals surface area contributed by atoms with Crippen LogP contribution in [0.4, 0.5) is 5.82 Å². The van der Waals surface area contributed by atoms with Crippen LogP contribution >= 0.6 is 0 Å². The van der Waals surface area contributed by atoms with Crippen molar-refractivity contribution in [1.29, 1.82) is 0 Å². The van der Waals surface area contributed by atoms with Crippen LogP contribution in [-0.4, -0.2) is 39.1 Å². The fourth-order valence-corrected chi connectivity index (χ4v) is 3.38. The number of carbonyl (C=O) groups is 2. The fourth-order valence-electron chi connectivity index (χ4n) is 3.38. The molecule has 1 aromatic rings. The first-order valence-electron chi connectivity index (χ1n) is 10.2. The van der Waals surface area contributed by atoms with Gasteiger partial charge >= 0.3 is 0 Å². The van der Waals surface area contributed by atoms with Gasteiger partial charge in [-0.1, -0.05) is 48.5 Å². The number of amides is 2. The molecule has 0 aliphatic rings. The molecule has 6 heteroatoms. The highest BCUT2D eigenvalue weighted by molar-refractivity contribution is 5.94. The first-order valence-corrected chi connectivity index (χ1v) is 10.2. The molecule has 1 heterocycles. The summed E-state index contributed by atoms with van der Waals surface area (Å²) >= 11 is 0. The van der Waals surface area contributed by atoms with Crippen molar-refractivity contribution in [1.82, 2.24) is 14.7 Å². The van der Waals surface area contributed by atoms with Gasteiger partial charge in [0.15, 0.2) is 0 Å². The van der Waals surface area contributed by atoms with E-state index in [0.717, 1.165) is 12.1 Å². The number of nitrogens with zero attached hydrogens (tertiary/aromatic N) is 3. The van der Waals surface area contributed by atoms with Gasteiger partial charge in [0.1, 0.15) is 12.4 Å². The van der Waals surface area contributed by atoms with Crippen LogP contribution < -0.4 is 5.32 Å². The molecule has 2 amide bonds. The number of aromatic nitrogens is 2. The number of anilines is 1. The lowest BCUT2D eigenvalue weighted by molar-refractivity contribution is -0.137. The van der Waals surface area contributed by atoms with Gasteiger partial charge in [0, 0.05) is 31.0 Å². The summed E-state index contributed by atoms with van der Waals surface area (Å²) in [5.41, 5.74) is 1.01. The van der Waals surface area contributed by atoms with Crippen LogP contribution in [-0.2, 0) is 22.1 Å². The second-order valence-electron chi connectivity index (χ2n) is 10.5. The topological polar surface area (TPSA) is 67.2 Å². The number of rotatable bonds is 7. The standard InChI is InChI=1S/C22H40N4O2/c1-15(2)26(20(28)11-16(3)13-21(4,5)6)14-19(27)23-18-12-17(22(7,8)9)24-25(18)10/h12,15-16H,11,13-14H2,1-10H3,(H,23,27). The van der Waals surface area contributed by atoms with Gasteiger partial charge in [-0.3, -0.25) is 14.3 Å². The molecule has 160 valence electrons. The van der Waals surface area contributed by atoms with Crippen LogP contribution in [0.15, 0.2) is 6.07 Å². The molecule has 0 fully saturated rings. The van der Waals surface area contributed by atoms with Gasteiger partial charge in [-0.05, 0) is 31.6 Å². The SMILES string of the molecule is CC(CC(=O)N(CC(=O)Nc1cc(C(C)(C)C)nn1C)C(C)C)CC(C)(C)C. The molecule has 0 saturated heterocycles. The predicted molar refractivity (Wildman–Crippen MR) is 115 cm³/mol. The Balaban J connectivity index is 2.77. The number of aryl methyl sites for hydroxylation is 1. The third-order valence-electron chi connectivity index (χ3n) is 4.66. The van der Waals surface area contributed by atoms with E-state index in [4.69, 9.17) is 0 Å². The molecule has 1 unspecified atom stereocenters. The quantitative estimate of drug-likeness (QED) is 0.750. The van der Waals surface area contributed by atoms with Crippen LogP contribution in [0.2, 0.25) is 0 Å². The van der Waals surface area contributed by atoms with Crippen molar-refractivity contribution < 1.29 is 9.59 Å². The monoisotopic (exact) mass is 392 g/mol. The lowest BCUT2D eigenvalue weighted by Gasteiger charge is -2.29. The Labute approximate surface area is 171 Å². The van der Waals surface area contributed by atoms with Gasteiger partial charge in [-0.15, -0.1) is 0 Å². The minimum atomic E-state index is -0.200. The second kappa shape index (κ2) is 9.10. The van der Waals surface area contributed by atoms with Crippen molar-refractivity contribution >= 4 is 17.6 Å². The number of hydrogen-bond donors (Lipinski definition) is 1. The third kappa shape index (κ3) is 7.64. The zero-order valence-electron chi connectivity index (χ0n) is 19.5. The Bertz CT molecular complexity index is 678. The van der Waals surface area contributed by atoms with Gasteiger partial charge in [0.05, 0.1) is 5.69 Å². The van der Waals surface area contributed by atoms with Crippen LogP contribution in [0.25, 0.3) is 0 Å². The van der Waals surface area contributed by atoms with Crippen molar-refractivity contribution in [3.63, 3.8) is 0 Å². The van der Waals surface area contributed by atoms with E-state index in [1.807, 2.05) is 27.0 Å². The summed E-state index contributed by atoms with van der Waals surface area (Å²) in [6.07, 6.45) is 1.43. The highest BCUT2D eigenvalue weighted by Crippen LogP contribution is 2.27. The van der Waals surface area contributed by atoms with E-state index in [0.29, 0.717) is 12.2 Å². The highest BCUT2D eigenvalue weighted by Gasteiger charge is 2.25. The molecule has 1 N–H and O–H groups in total. The molecule has 0 saturated carbocycles. The molecule has 0 aliphatic carbocycles. The van der Waals surface area contributed by atoms with Crippen LogP contribution in [0.1, 0.15) is 80.8 Å². The van der Waals surface area contributed by atoms with Crippen molar-refractivity contribution in [2.45, 2.75) is 86.6 Å². The average Bonchev–Trinajstić information content (AvgIpc) is 2.83.